The Morgan fingerprint density at radius 1 is 1.09 bits per heavy atom. The van der Waals surface area contributed by atoms with E-state index in [0.29, 0.717) is 36.0 Å². The molecule has 1 amide bonds. The highest BCUT2D eigenvalue weighted by Gasteiger charge is 2.33. The van der Waals surface area contributed by atoms with Gasteiger partial charge in [0.15, 0.2) is 0 Å². The molecule has 0 saturated carbocycles. The third kappa shape index (κ3) is 3.74. The van der Waals surface area contributed by atoms with Crippen LogP contribution in [0.2, 0.25) is 0 Å². The minimum absolute atomic E-state index is 0.293. The summed E-state index contributed by atoms with van der Waals surface area (Å²) < 4.78 is 30.0. The summed E-state index contributed by atoms with van der Waals surface area (Å²) in [5, 5.41) is 17.8. The van der Waals surface area contributed by atoms with Crippen molar-refractivity contribution in [2.75, 3.05) is 11.4 Å². The summed E-state index contributed by atoms with van der Waals surface area (Å²) in [6, 6.07) is 14.2. The minimum atomic E-state index is -0.694. The molecule has 1 saturated heterocycles. The van der Waals surface area contributed by atoms with Crippen LogP contribution in [-0.4, -0.2) is 33.3 Å². The van der Waals surface area contributed by atoms with Gasteiger partial charge in [0.25, 0.3) is 5.91 Å². The quantitative estimate of drug-likeness (QED) is 0.462. The fraction of sp³-hybridized carbons (Fsp3) is 0.259. The summed E-state index contributed by atoms with van der Waals surface area (Å²) in [6.45, 7) is 0.692. The van der Waals surface area contributed by atoms with E-state index in [4.69, 9.17) is 0 Å². The number of benzene rings is 2. The molecular formula is C27H24F2N4O2. The Labute approximate surface area is 200 Å². The van der Waals surface area contributed by atoms with Gasteiger partial charge in [0.1, 0.15) is 11.6 Å². The Morgan fingerprint density at radius 2 is 1.94 bits per heavy atom. The zero-order chi connectivity index (χ0) is 24.1. The van der Waals surface area contributed by atoms with Crippen molar-refractivity contribution in [3.8, 4) is 0 Å². The van der Waals surface area contributed by atoms with Crippen LogP contribution in [0.25, 0.3) is 5.52 Å². The van der Waals surface area contributed by atoms with E-state index in [9.17, 15) is 18.7 Å². The summed E-state index contributed by atoms with van der Waals surface area (Å²) >= 11 is 0. The monoisotopic (exact) mass is 474 g/mol. The molecule has 3 atom stereocenters. The normalized spacial score (nSPS) is 21.5. The summed E-state index contributed by atoms with van der Waals surface area (Å²) in [6.07, 6.45) is 4.62. The van der Waals surface area contributed by atoms with E-state index < -0.39 is 23.8 Å². The standard InChI is InChI=1S/C27H24F2N4O2/c28-17-7-8-22(29)20(13-17)23-6-3-10-32(23)18-9-11-33-24(14-18)21(15-30-33)27(35)31-26-19-5-2-1-4-16(19)12-25(26)34/h1-2,4-5,7-9,11,13-15,23,25-26,34H,3,6,10,12H2,(H,31,35)/t23-,25+,26-/m1/s1. The Balaban J connectivity index is 1.31. The predicted molar refractivity (Wildman–Crippen MR) is 127 cm³/mol. The van der Waals surface area contributed by atoms with Gasteiger partial charge in [0.2, 0.25) is 0 Å². The highest BCUT2D eigenvalue weighted by molar-refractivity contribution is 6.01. The molecule has 4 aromatic rings. The van der Waals surface area contributed by atoms with Gasteiger partial charge >= 0.3 is 0 Å². The van der Waals surface area contributed by atoms with Gasteiger partial charge in [-0.25, -0.2) is 13.3 Å². The molecule has 178 valence electrons. The fourth-order valence-corrected chi connectivity index (χ4v) is 5.46. The number of hydrogen-bond acceptors (Lipinski definition) is 4. The van der Waals surface area contributed by atoms with Crippen LogP contribution in [0.3, 0.4) is 0 Å². The molecule has 2 N–H and O–H groups in total. The predicted octanol–water partition coefficient (Wildman–Crippen LogP) is 4.34. The number of aliphatic hydroxyl groups is 1. The first-order chi connectivity index (χ1) is 17.0. The number of fused-ring (bicyclic) bond motifs is 2. The summed E-state index contributed by atoms with van der Waals surface area (Å²) in [4.78, 5) is 15.3. The average molecular weight is 475 g/mol. The maximum atomic E-state index is 14.5. The number of anilines is 1. The number of carbonyl (C=O) groups excluding carboxylic acids is 1. The number of rotatable bonds is 4. The number of amides is 1. The zero-order valence-corrected chi connectivity index (χ0v) is 18.9. The maximum Gasteiger partial charge on any atom is 0.255 e. The van der Waals surface area contributed by atoms with E-state index >= 15 is 0 Å². The lowest BCUT2D eigenvalue weighted by atomic mass is 10.0. The first-order valence-electron chi connectivity index (χ1n) is 11.8. The Bertz CT molecular complexity index is 1440. The first kappa shape index (κ1) is 21.7. The van der Waals surface area contributed by atoms with Crippen molar-refractivity contribution in [1.29, 1.82) is 0 Å². The number of aliphatic hydroxyl groups excluding tert-OH is 1. The number of hydrogen-bond donors (Lipinski definition) is 2. The van der Waals surface area contributed by atoms with Crippen molar-refractivity contribution in [3.63, 3.8) is 0 Å². The number of nitrogens with one attached hydrogen (secondary N) is 1. The van der Waals surface area contributed by atoms with Crippen molar-refractivity contribution in [2.24, 2.45) is 0 Å². The molecule has 0 radical (unpaired) electrons. The van der Waals surface area contributed by atoms with Crippen molar-refractivity contribution in [3.05, 3.63) is 101 Å². The summed E-state index contributed by atoms with van der Waals surface area (Å²) in [5.41, 5.74) is 4.08. The second-order valence-electron chi connectivity index (χ2n) is 9.21. The molecule has 8 heteroatoms. The van der Waals surface area contributed by atoms with Crippen molar-refractivity contribution >= 4 is 17.1 Å². The highest BCUT2D eigenvalue weighted by Crippen LogP contribution is 2.38. The van der Waals surface area contributed by atoms with Crippen LogP contribution >= 0.6 is 0 Å². The van der Waals surface area contributed by atoms with Gasteiger partial charge < -0.3 is 15.3 Å². The average Bonchev–Trinajstić information content (AvgIpc) is 3.58. The Hall–Kier alpha value is -3.78. The molecular weight excluding hydrogens is 450 g/mol. The SMILES string of the molecule is O=C(N[C@@H]1c2ccccc2C[C@@H]1O)c1cnn2ccc(N3CCC[C@@H]3c3cc(F)ccc3F)cc12. The summed E-state index contributed by atoms with van der Waals surface area (Å²) in [5.74, 6) is -1.22. The van der Waals surface area contributed by atoms with Crippen LogP contribution in [0.15, 0.2) is 67.0 Å². The van der Waals surface area contributed by atoms with Crippen LogP contribution in [0, 0.1) is 11.6 Å². The van der Waals surface area contributed by atoms with Gasteiger partial charge in [0.05, 0.1) is 35.5 Å². The number of nitrogens with zero attached hydrogens (tertiary/aromatic N) is 3. The van der Waals surface area contributed by atoms with Gasteiger partial charge in [-0.15, -0.1) is 0 Å². The van der Waals surface area contributed by atoms with E-state index in [0.717, 1.165) is 29.3 Å². The fourth-order valence-electron chi connectivity index (χ4n) is 5.46. The second kappa shape index (κ2) is 8.46. The zero-order valence-electron chi connectivity index (χ0n) is 18.9. The molecule has 0 bridgehead atoms. The highest BCUT2D eigenvalue weighted by atomic mass is 19.1. The van der Waals surface area contributed by atoms with Crippen LogP contribution < -0.4 is 10.2 Å². The van der Waals surface area contributed by atoms with Crippen LogP contribution in [0.1, 0.15) is 52.0 Å². The van der Waals surface area contributed by atoms with Crippen molar-refractivity contribution < 1.29 is 18.7 Å². The molecule has 1 fully saturated rings. The third-order valence-electron chi connectivity index (χ3n) is 7.14. The minimum Gasteiger partial charge on any atom is -0.390 e. The molecule has 2 aliphatic rings. The van der Waals surface area contributed by atoms with Crippen LogP contribution in [0.4, 0.5) is 14.5 Å². The molecule has 2 aromatic carbocycles. The molecule has 6 rings (SSSR count). The van der Waals surface area contributed by atoms with E-state index in [-0.39, 0.29) is 11.9 Å². The third-order valence-corrected chi connectivity index (χ3v) is 7.14. The lowest BCUT2D eigenvalue weighted by Gasteiger charge is -2.27. The van der Waals surface area contributed by atoms with Gasteiger partial charge in [-0.2, -0.15) is 5.10 Å². The van der Waals surface area contributed by atoms with Crippen LogP contribution in [-0.2, 0) is 6.42 Å². The smallest absolute Gasteiger partial charge is 0.255 e. The lowest BCUT2D eigenvalue weighted by Crippen LogP contribution is -2.33. The molecule has 1 aliphatic carbocycles. The molecule has 0 unspecified atom stereocenters. The molecule has 35 heavy (non-hydrogen) atoms. The lowest BCUT2D eigenvalue weighted by molar-refractivity contribution is 0.0859. The van der Waals surface area contributed by atoms with E-state index in [1.54, 1.807) is 10.7 Å². The van der Waals surface area contributed by atoms with Gasteiger partial charge in [-0.3, -0.25) is 4.79 Å². The maximum absolute atomic E-state index is 14.5. The molecule has 1 aliphatic heterocycles. The second-order valence-corrected chi connectivity index (χ2v) is 9.21. The van der Waals surface area contributed by atoms with E-state index in [1.165, 1.54) is 18.3 Å². The topological polar surface area (TPSA) is 69.9 Å². The Kier molecular flexibility index (Phi) is 5.25. The van der Waals surface area contributed by atoms with Crippen molar-refractivity contribution in [1.82, 2.24) is 14.9 Å². The molecule has 3 heterocycles. The van der Waals surface area contributed by atoms with Gasteiger partial charge in [0, 0.05) is 30.4 Å². The number of carbonyl (C=O) groups is 1. The number of halogens is 2. The van der Waals surface area contributed by atoms with E-state index in [2.05, 4.69) is 10.4 Å². The van der Waals surface area contributed by atoms with Crippen LogP contribution in [0.5, 0.6) is 0 Å². The number of aromatic nitrogens is 2. The van der Waals surface area contributed by atoms with Crippen molar-refractivity contribution in [2.45, 2.75) is 37.5 Å². The Morgan fingerprint density at radius 3 is 2.83 bits per heavy atom. The van der Waals surface area contributed by atoms with Gasteiger partial charge in [-0.1, -0.05) is 24.3 Å². The summed E-state index contributed by atoms with van der Waals surface area (Å²) in [7, 11) is 0. The molecule has 0 spiro atoms. The largest absolute Gasteiger partial charge is 0.390 e. The number of pyridine rings is 1. The molecule has 2 aromatic heterocycles. The molecule has 6 nitrogen and oxygen atoms in total. The van der Waals surface area contributed by atoms with E-state index in [1.807, 2.05) is 41.3 Å². The van der Waals surface area contributed by atoms with Gasteiger partial charge in [-0.05, 0) is 54.3 Å². The first-order valence-corrected chi connectivity index (χ1v) is 11.8.